The Morgan fingerprint density at radius 3 is 1.79 bits per heavy atom. The molecule has 2 heteroatoms. The van der Waals surface area contributed by atoms with E-state index in [1.807, 2.05) is 0 Å². The minimum Gasteiger partial charge on any atom is -0.456 e. The lowest BCUT2D eigenvalue weighted by atomic mass is 9.71. The van der Waals surface area contributed by atoms with E-state index in [-0.39, 0.29) is 22.2 Å². The molecule has 0 N–H and O–H groups in total. The maximum absolute atomic E-state index is 6.65. The molecule has 8 aromatic rings. The largest absolute Gasteiger partial charge is 0.456 e. The SMILES string of the molecule is Cc1ccc2cc(C3=CC4=C(c5cc6c(cc5C4(C)C)-c4cc5c(cc4C6(C)C)-c4c(cc(-c6cc7ccc(C)cc7o6)c6ccccc46)C5(C)C)C4CC=CC=C34)oc2c1. The topological polar surface area (TPSA) is 26.3 Å². The molecule has 0 spiro atoms. The molecule has 1 atom stereocenters. The predicted molar refractivity (Wildman–Crippen MR) is 253 cm³/mol. The van der Waals surface area contributed by atoms with Gasteiger partial charge in [0, 0.05) is 44.1 Å². The molecule has 5 aliphatic rings. The first-order valence-corrected chi connectivity index (χ1v) is 22.1. The van der Waals surface area contributed by atoms with Crippen molar-refractivity contribution in [3.05, 3.63) is 189 Å². The molecule has 0 saturated heterocycles. The van der Waals surface area contributed by atoms with Gasteiger partial charge in [-0.25, -0.2) is 0 Å². The van der Waals surface area contributed by atoms with Crippen LogP contribution in [0.5, 0.6) is 0 Å². The molecule has 0 fully saturated rings. The third kappa shape index (κ3) is 4.53. The second-order valence-electron chi connectivity index (χ2n) is 20.2. The molecule has 0 radical (unpaired) electrons. The number of rotatable bonds is 2. The van der Waals surface area contributed by atoms with Gasteiger partial charge >= 0.3 is 0 Å². The molecule has 61 heavy (non-hydrogen) atoms. The van der Waals surface area contributed by atoms with Crippen LogP contribution in [0, 0.1) is 19.8 Å². The third-order valence-electron chi connectivity index (χ3n) is 15.5. The van der Waals surface area contributed by atoms with Gasteiger partial charge < -0.3 is 8.83 Å². The molecule has 0 saturated carbocycles. The minimum atomic E-state index is -0.210. The monoisotopic (exact) mass is 788 g/mol. The molecule has 13 rings (SSSR count). The van der Waals surface area contributed by atoms with Gasteiger partial charge in [0.05, 0.1) is 0 Å². The second kappa shape index (κ2) is 11.5. The predicted octanol–water partition coefficient (Wildman–Crippen LogP) is 15.9. The Morgan fingerprint density at radius 2 is 1.08 bits per heavy atom. The lowest BCUT2D eigenvalue weighted by Crippen LogP contribution is -2.20. The van der Waals surface area contributed by atoms with Crippen LogP contribution in [0.2, 0.25) is 0 Å². The van der Waals surface area contributed by atoms with E-state index in [0.29, 0.717) is 0 Å². The van der Waals surface area contributed by atoms with Crippen molar-refractivity contribution in [2.24, 2.45) is 5.92 Å². The van der Waals surface area contributed by atoms with Gasteiger partial charge in [-0.05, 0) is 175 Å². The van der Waals surface area contributed by atoms with E-state index in [1.54, 1.807) is 0 Å². The van der Waals surface area contributed by atoms with E-state index in [0.717, 1.165) is 45.4 Å². The highest BCUT2D eigenvalue weighted by Crippen LogP contribution is 2.62. The van der Waals surface area contributed by atoms with Gasteiger partial charge in [-0.15, -0.1) is 0 Å². The lowest BCUT2D eigenvalue weighted by molar-refractivity contribution is 0.595. The zero-order chi connectivity index (χ0) is 41.5. The molecule has 5 aliphatic carbocycles. The lowest BCUT2D eigenvalue weighted by Gasteiger charge is -2.32. The molecule has 2 heterocycles. The van der Waals surface area contributed by atoms with Gasteiger partial charge in [-0.3, -0.25) is 0 Å². The first-order valence-electron chi connectivity index (χ1n) is 22.1. The molecule has 6 aromatic carbocycles. The van der Waals surface area contributed by atoms with Crippen LogP contribution in [0.4, 0.5) is 0 Å². The summed E-state index contributed by atoms with van der Waals surface area (Å²) in [6.45, 7) is 18.9. The molecule has 296 valence electrons. The van der Waals surface area contributed by atoms with Gasteiger partial charge in [-0.1, -0.05) is 108 Å². The maximum atomic E-state index is 6.65. The molecule has 2 nitrogen and oxygen atoms in total. The van der Waals surface area contributed by atoms with E-state index < -0.39 is 0 Å². The van der Waals surface area contributed by atoms with Crippen molar-refractivity contribution in [1.82, 2.24) is 0 Å². The van der Waals surface area contributed by atoms with E-state index in [1.165, 1.54) is 99.8 Å². The van der Waals surface area contributed by atoms with Gasteiger partial charge in [-0.2, -0.15) is 0 Å². The highest BCUT2D eigenvalue weighted by molar-refractivity contribution is 6.10. The summed E-state index contributed by atoms with van der Waals surface area (Å²) in [4.78, 5) is 0. The van der Waals surface area contributed by atoms with Crippen LogP contribution < -0.4 is 0 Å². The molecule has 0 aliphatic heterocycles. The highest BCUT2D eigenvalue weighted by Gasteiger charge is 2.48. The zero-order valence-corrected chi connectivity index (χ0v) is 36.2. The number of benzene rings is 6. The molecular weight excluding hydrogens is 741 g/mol. The highest BCUT2D eigenvalue weighted by atomic mass is 16.3. The Balaban J connectivity index is 0.972. The number of aryl methyl sites for hydroxylation is 2. The summed E-state index contributed by atoms with van der Waals surface area (Å²) >= 11 is 0. The maximum Gasteiger partial charge on any atom is 0.136 e. The average molecular weight is 789 g/mol. The first kappa shape index (κ1) is 35.4. The van der Waals surface area contributed by atoms with E-state index in [9.17, 15) is 0 Å². The molecular formula is C59H48O2. The first-order chi connectivity index (χ1) is 29.3. The van der Waals surface area contributed by atoms with Gasteiger partial charge in [0.15, 0.2) is 0 Å². The molecule has 2 aromatic heterocycles. The number of furan rings is 2. The standard InChI is InChI=1S/C59H48O2/c1-31-17-19-33-23-53(60-51(33)21-31)41-27-49-55(37-15-11-9-13-35(37)41)43-29-45-39(25-47(43)58(49,5)6)40-26-48-44(30-46(40)57(45,3)4)56-38-16-12-10-14-36(38)42(28-50(56)59(48,7)8)54-24-34-20-18-32(2)22-52(34)61-54/h9-15,17-30,38H,16H2,1-8H3. The fourth-order valence-electron chi connectivity index (χ4n) is 12.2. The number of hydrogen-bond acceptors (Lipinski definition) is 2. The van der Waals surface area contributed by atoms with Gasteiger partial charge in [0.25, 0.3) is 0 Å². The summed E-state index contributed by atoms with van der Waals surface area (Å²) < 4.78 is 13.3. The quantitative estimate of drug-likeness (QED) is 0.174. The smallest absolute Gasteiger partial charge is 0.136 e. The van der Waals surface area contributed by atoms with E-state index >= 15 is 0 Å². The summed E-state index contributed by atoms with van der Waals surface area (Å²) in [5, 5.41) is 4.82. The Labute approximate surface area is 357 Å². The van der Waals surface area contributed by atoms with Crippen molar-refractivity contribution < 1.29 is 8.83 Å². The summed E-state index contributed by atoms with van der Waals surface area (Å²) in [6, 6.07) is 39.2. The molecule has 0 amide bonds. The third-order valence-corrected chi connectivity index (χ3v) is 15.5. The fourth-order valence-corrected chi connectivity index (χ4v) is 12.2. The zero-order valence-electron chi connectivity index (χ0n) is 36.2. The van der Waals surface area contributed by atoms with Crippen LogP contribution in [0.3, 0.4) is 0 Å². The average Bonchev–Trinajstić information content (AvgIpc) is 4.01. The van der Waals surface area contributed by atoms with Crippen LogP contribution in [-0.4, -0.2) is 0 Å². The van der Waals surface area contributed by atoms with Gasteiger partial charge in [0.1, 0.15) is 22.7 Å². The Bertz CT molecular complexity index is 3480. The second-order valence-corrected chi connectivity index (χ2v) is 20.2. The summed E-state index contributed by atoms with van der Waals surface area (Å²) in [7, 11) is 0. The summed E-state index contributed by atoms with van der Waals surface area (Å²) in [6.07, 6.45) is 10.4. The van der Waals surface area contributed by atoms with Crippen molar-refractivity contribution in [2.75, 3.05) is 0 Å². The van der Waals surface area contributed by atoms with Crippen LogP contribution >= 0.6 is 0 Å². The van der Waals surface area contributed by atoms with E-state index in [4.69, 9.17) is 8.83 Å². The summed E-state index contributed by atoms with van der Waals surface area (Å²) in [5.41, 5.74) is 24.5. The molecule has 1 unspecified atom stereocenters. The van der Waals surface area contributed by atoms with Crippen molar-refractivity contribution in [2.45, 2.75) is 78.1 Å². The van der Waals surface area contributed by atoms with Crippen LogP contribution in [0.25, 0.3) is 77.4 Å². The van der Waals surface area contributed by atoms with Crippen molar-refractivity contribution >= 4 is 43.9 Å². The van der Waals surface area contributed by atoms with Crippen LogP contribution in [0.15, 0.2) is 147 Å². The minimum absolute atomic E-state index is 0.176. The fraction of sp³-hybridized carbons (Fsp3) is 0.220. The number of hydrogen-bond donors (Lipinski definition) is 0. The van der Waals surface area contributed by atoms with Crippen molar-refractivity contribution in [3.63, 3.8) is 0 Å². The Morgan fingerprint density at radius 1 is 0.525 bits per heavy atom. The Hall–Kier alpha value is -6.38. The van der Waals surface area contributed by atoms with E-state index in [2.05, 4.69) is 183 Å². The Kier molecular flexibility index (Phi) is 6.67. The van der Waals surface area contributed by atoms with Crippen molar-refractivity contribution in [3.8, 4) is 33.6 Å². The van der Waals surface area contributed by atoms with Crippen LogP contribution in [-0.2, 0) is 16.2 Å². The number of allylic oxidation sites excluding steroid dienone is 8. The van der Waals surface area contributed by atoms with Crippen LogP contribution in [0.1, 0.15) is 98.2 Å². The van der Waals surface area contributed by atoms with Gasteiger partial charge in [0.2, 0.25) is 0 Å². The van der Waals surface area contributed by atoms with Crippen molar-refractivity contribution in [1.29, 1.82) is 0 Å². The molecule has 0 bridgehead atoms. The summed E-state index contributed by atoms with van der Waals surface area (Å²) in [5.74, 6) is 2.18. The normalized spacial score (nSPS) is 19.4. The number of fused-ring (bicyclic) bond motifs is 14.